The van der Waals surface area contributed by atoms with Gasteiger partial charge in [-0.1, -0.05) is 71.5 Å². The Kier molecular flexibility index (Phi) is 6.90. The van der Waals surface area contributed by atoms with Crippen LogP contribution in [0, 0.1) is 6.92 Å². The highest BCUT2D eigenvalue weighted by molar-refractivity contribution is 7.92. The van der Waals surface area contributed by atoms with Crippen molar-refractivity contribution in [2.45, 2.75) is 6.92 Å². The number of para-hydroxylation sites is 3. The zero-order chi connectivity index (χ0) is 24.1. The van der Waals surface area contributed by atoms with Gasteiger partial charge in [-0.3, -0.25) is 14.4 Å². The number of aryl methyl sites for hydroxylation is 1. The number of hydrogen-bond acceptors (Lipinski definition) is 7. The van der Waals surface area contributed by atoms with Crippen LogP contribution in [0.15, 0.2) is 78.9 Å². The second-order valence-corrected chi connectivity index (χ2v) is 10.4. The summed E-state index contributed by atoms with van der Waals surface area (Å²) < 4.78 is 32.1. The van der Waals surface area contributed by atoms with Gasteiger partial charge < -0.3 is 4.74 Å². The van der Waals surface area contributed by atoms with Gasteiger partial charge in [0.25, 0.3) is 0 Å². The third kappa shape index (κ3) is 5.77. The maximum atomic E-state index is 12.8. The van der Waals surface area contributed by atoms with Gasteiger partial charge in [-0.2, -0.15) is 0 Å². The fourth-order valence-electron chi connectivity index (χ4n) is 3.12. The fourth-order valence-corrected chi connectivity index (χ4v) is 4.75. The van der Waals surface area contributed by atoms with Crippen molar-refractivity contribution >= 4 is 38.1 Å². The highest BCUT2D eigenvalue weighted by Crippen LogP contribution is 2.33. The molecule has 4 rings (SSSR count). The van der Waals surface area contributed by atoms with Gasteiger partial charge in [-0.25, -0.2) is 8.42 Å². The Balaban J connectivity index is 1.53. The van der Waals surface area contributed by atoms with E-state index in [1.54, 1.807) is 36.4 Å². The van der Waals surface area contributed by atoms with Crippen molar-refractivity contribution in [1.82, 2.24) is 10.2 Å². The average Bonchev–Trinajstić information content (AvgIpc) is 3.27. The van der Waals surface area contributed by atoms with E-state index >= 15 is 0 Å². The second-order valence-electron chi connectivity index (χ2n) is 7.48. The van der Waals surface area contributed by atoms with Crippen LogP contribution in [-0.4, -0.2) is 37.3 Å². The lowest BCUT2D eigenvalue weighted by molar-refractivity contribution is -0.114. The molecule has 1 aromatic heterocycles. The molecule has 0 bridgehead atoms. The number of ether oxygens (including phenoxy) is 1. The molecule has 3 aromatic carbocycles. The SMILES string of the molecule is Cc1ccc(-c2nnc(NC(=O)CN(c3ccccc3Oc3ccccc3)S(C)(=O)=O)s2)cc1. The van der Waals surface area contributed by atoms with E-state index < -0.39 is 22.5 Å². The van der Waals surface area contributed by atoms with Gasteiger partial charge in [0.15, 0.2) is 5.75 Å². The lowest BCUT2D eigenvalue weighted by atomic mass is 10.2. The number of nitrogens with one attached hydrogen (secondary N) is 1. The molecule has 0 spiro atoms. The molecule has 0 saturated carbocycles. The van der Waals surface area contributed by atoms with E-state index in [0.29, 0.717) is 16.5 Å². The molecular weight excluding hydrogens is 472 g/mol. The Labute approximate surface area is 201 Å². The molecule has 4 aromatic rings. The zero-order valence-electron chi connectivity index (χ0n) is 18.5. The third-order valence-corrected chi connectivity index (χ3v) is 6.78. The van der Waals surface area contributed by atoms with E-state index in [9.17, 15) is 13.2 Å². The lowest BCUT2D eigenvalue weighted by Crippen LogP contribution is -2.37. The van der Waals surface area contributed by atoms with Crippen LogP contribution in [0.3, 0.4) is 0 Å². The Morgan fingerprint density at radius 2 is 1.65 bits per heavy atom. The number of nitrogens with zero attached hydrogens (tertiary/aromatic N) is 3. The summed E-state index contributed by atoms with van der Waals surface area (Å²) in [4.78, 5) is 12.8. The summed E-state index contributed by atoms with van der Waals surface area (Å²) in [6.07, 6.45) is 1.04. The minimum Gasteiger partial charge on any atom is -0.455 e. The van der Waals surface area contributed by atoms with Crippen LogP contribution < -0.4 is 14.4 Å². The number of benzene rings is 3. The van der Waals surface area contributed by atoms with Crippen LogP contribution >= 0.6 is 11.3 Å². The predicted molar refractivity (Wildman–Crippen MR) is 134 cm³/mol. The molecule has 0 aliphatic carbocycles. The number of carbonyl (C=O) groups is 1. The Morgan fingerprint density at radius 1 is 0.971 bits per heavy atom. The van der Waals surface area contributed by atoms with E-state index in [-0.39, 0.29) is 10.8 Å². The Morgan fingerprint density at radius 3 is 2.35 bits per heavy atom. The van der Waals surface area contributed by atoms with Gasteiger partial charge in [0, 0.05) is 5.56 Å². The first-order valence-electron chi connectivity index (χ1n) is 10.3. The van der Waals surface area contributed by atoms with E-state index in [4.69, 9.17) is 4.74 Å². The van der Waals surface area contributed by atoms with E-state index in [0.717, 1.165) is 21.7 Å². The molecule has 0 fully saturated rings. The van der Waals surface area contributed by atoms with Gasteiger partial charge in [0.05, 0.1) is 11.9 Å². The van der Waals surface area contributed by atoms with Crippen LogP contribution in [-0.2, 0) is 14.8 Å². The summed E-state index contributed by atoms with van der Waals surface area (Å²) in [6.45, 7) is 1.54. The molecule has 0 aliphatic heterocycles. The highest BCUT2D eigenvalue weighted by atomic mass is 32.2. The molecule has 0 radical (unpaired) electrons. The van der Waals surface area contributed by atoms with Crippen molar-refractivity contribution in [1.29, 1.82) is 0 Å². The largest absolute Gasteiger partial charge is 0.455 e. The first kappa shape index (κ1) is 23.4. The molecule has 1 amide bonds. The molecule has 0 atom stereocenters. The van der Waals surface area contributed by atoms with E-state index in [1.807, 2.05) is 49.4 Å². The first-order valence-corrected chi connectivity index (χ1v) is 13.0. The Hall–Kier alpha value is -3.76. The second kappa shape index (κ2) is 10.0. The summed E-state index contributed by atoms with van der Waals surface area (Å²) >= 11 is 1.21. The van der Waals surface area contributed by atoms with Gasteiger partial charge in [-0.05, 0) is 31.2 Å². The standard InChI is InChI=1S/C24H22N4O4S2/c1-17-12-14-18(15-13-17)23-26-27-24(33-23)25-22(29)16-28(34(2,30)31)20-10-6-7-11-21(20)32-19-8-4-3-5-9-19/h3-15H,16H2,1-2H3,(H,25,27,29). The monoisotopic (exact) mass is 494 g/mol. The number of aromatic nitrogens is 2. The molecule has 34 heavy (non-hydrogen) atoms. The summed E-state index contributed by atoms with van der Waals surface area (Å²) in [5, 5.41) is 11.7. The van der Waals surface area contributed by atoms with Crippen LogP contribution in [0.1, 0.15) is 5.56 Å². The molecule has 10 heteroatoms. The van der Waals surface area contributed by atoms with Crippen molar-refractivity contribution < 1.29 is 17.9 Å². The summed E-state index contributed by atoms with van der Waals surface area (Å²) in [7, 11) is -3.80. The number of sulfonamides is 1. The number of anilines is 2. The first-order chi connectivity index (χ1) is 16.3. The lowest BCUT2D eigenvalue weighted by Gasteiger charge is -2.24. The van der Waals surface area contributed by atoms with Crippen LogP contribution in [0.2, 0.25) is 0 Å². The Bertz CT molecular complexity index is 1390. The quantitative estimate of drug-likeness (QED) is 0.381. The third-order valence-electron chi connectivity index (χ3n) is 4.76. The molecule has 1 N–H and O–H groups in total. The van der Waals surface area contributed by atoms with Gasteiger partial charge in [-0.15, -0.1) is 10.2 Å². The van der Waals surface area contributed by atoms with Crippen molar-refractivity contribution in [3.63, 3.8) is 0 Å². The number of hydrogen-bond donors (Lipinski definition) is 1. The van der Waals surface area contributed by atoms with Gasteiger partial charge in [0.2, 0.25) is 21.1 Å². The van der Waals surface area contributed by atoms with Crippen molar-refractivity contribution in [2.24, 2.45) is 0 Å². The maximum absolute atomic E-state index is 12.8. The predicted octanol–water partition coefficient (Wildman–Crippen LogP) is 4.71. The minimum absolute atomic E-state index is 0.251. The van der Waals surface area contributed by atoms with Gasteiger partial charge in [0.1, 0.15) is 17.3 Å². The number of carbonyl (C=O) groups excluding carboxylic acids is 1. The summed E-state index contributed by atoms with van der Waals surface area (Å²) in [5.41, 5.74) is 2.26. The van der Waals surface area contributed by atoms with Gasteiger partial charge >= 0.3 is 0 Å². The average molecular weight is 495 g/mol. The van der Waals surface area contributed by atoms with Crippen LogP contribution in [0.4, 0.5) is 10.8 Å². The van der Waals surface area contributed by atoms with E-state index in [2.05, 4.69) is 15.5 Å². The molecular formula is C24H22N4O4S2. The fraction of sp³-hybridized carbons (Fsp3) is 0.125. The van der Waals surface area contributed by atoms with Crippen molar-refractivity contribution in [2.75, 3.05) is 22.4 Å². The summed E-state index contributed by atoms with van der Waals surface area (Å²) in [5.74, 6) is 0.307. The van der Waals surface area contributed by atoms with E-state index in [1.165, 1.54) is 11.3 Å². The van der Waals surface area contributed by atoms with Crippen LogP contribution in [0.25, 0.3) is 10.6 Å². The molecule has 0 aliphatic rings. The molecule has 1 heterocycles. The van der Waals surface area contributed by atoms with Crippen molar-refractivity contribution in [3.8, 4) is 22.1 Å². The zero-order valence-corrected chi connectivity index (χ0v) is 20.1. The maximum Gasteiger partial charge on any atom is 0.246 e. The normalized spacial score (nSPS) is 11.1. The number of rotatable bonds is 8. The minimum atomic E-state index is -3.80. The molecule has 0 unspecified atom stereocenters. The highest BCUT2D eigenvalue weighted by Gasteiger charge is 2.25. The molecule has 8 nitrogen and oxygen atoms in total. The van der Waals surface area contributed by atoms with Crippen LogP contribution in [0.5, 0.6) is 11.5 Å². The number of amides is 1. The topological polar surface area (TPSA) is 101 Å². The summed E-state index contributed by atoms with van der Waals surface area (Å²) in [6, 6.07) is 23.4. The van der Waals surface area contributed by atoms with Crippen molar-refractivity contribution in [3.05, 3.63) is 84.4 Å². The smallest absolute Gasteiger partial charge is 0.246 e. The molecule has 0 saturated heterocycles. The molecule has 174 valence electrons.